The molecule has 0 unspecified atom stereocenters. The van der Waals surface area contributed by atoms with Crippen LogP contribution >= 0.6 is 0 Å². The summed E-state index contributed by atoms with van der Waals surface area (Å²) in [5, 5.41) is 7.13. The summed E-state index contributed by atoms with van der Waals surface area (Å²) >= 11 is 0. The molecule has 6 nitrogen and oxygen atoms in total. The molecule has 0 fully saturated rings. The molecule has 0 aromatic heterocycles. The summed E-state index contributed by atoms with van der Waals surface area (Å²) in [4.78, 5) is 0. The van der Waals surface area contributed by atoms with Crippen molar-refractivity contribution in [3.63, 3.8) is 0 Å². The zero-order valence-corrected chi connectivity index (χ0v) is 15.9. The Morgan fingerprint density at radius 2 is 1.46 bits per heavy atom. The molecule has 2 aromatic carbocycles. The molecule has 0 saturated carbocycles. The highest BCUT2D eigenvalue weighted by atomic mass is 16.5. The molecule has 2 N–H and O–H groups in total. The average Bonchev–Trinajstić information content (AvgIpc) is 2.66. The van der Waals surface area contributed by atoms with Gasteiger partial charge in [-0.1, -0.05) is 0 Å². The minimum atomic E-state index is 0.138. The van der Waals surface area contributed by atoms with Crippen LogP contribution in [0.4, 0.5) is 11.4 Å². The summed E-state index contributed by atoms with van der Waals surface area (Å²) in [5.41, 5.74) is 3.18. The van der Waals surface area contributed by atoms with Crippen LogP contribution in [0.3, 0.4) is 0 Å². The first-order chi connectivity index (χ1) is 12.6. The fourth-order valence-corrected chi connectivity index (χ4v) is 3.38. The lowest BCUT2D eigenvalue weighted by Crippen LogP contribution is -2.29. The van der Waals surface area contributed by atoms with Crippen molar-refractivity contribution in [2.75, 3.05) is 39.1 Å². The minimum absolute atomic E-state index is 0.138. The maximum atomic E-state index is 5.48. The summed E-state index contributed by atoms with van der Waals surface area (Å²) in [6, 6.07) is 10.3. The molecule has 1 aliphatic heterocycles. The molecule has 2 atom stereocenters. The average molecular weight is 358 g/mol. The molecule has 0 bridgehead atoms. The van der Waals surface area contributed by atoms with E-state index in [0.717, 1.165) is 34.9 Å². The first kappa shape index (κ1) is 18.0. The molecule has 0 saturated heterocycles. The van der Waals surface area contributed by atoms with Gasteiger partial charge in [-0.3, -0.25) is 0 Å². The second-order valence-corrected chi connectivity index (χ2v) is 6.34. The Hall–Kier alpha value is -2.76. The number of methoxy groups -OCH3 is 4. The van der Waals surface area contributed by atoms with E-state index in [1.165, 1.54) is 0 Å². The van der Waals surface area contributed by atoms with E-state index in [1.54, 1.807) is 28.4 Å². The van der Waals surface area contributed by atoms with E-state index >= 15 is 0 Å². The highest BCUT2D eigenvalue weighted by Gasteiger charge is 2.26. The van der Waals surface area contributed by atoms with E-state index < -0.39 is 0 Å². The molecule has 0 spiro atoms. The van der Waals surface area contributed by atoms with Crippen LogP contribution in [-0.2, 0) is 0 Å². The molecule has 140 valence electrons. The molecule has 0 aliphatic carbocycles. The van der Waals surface area contributed by atoms with Crippen molar-refractivity contribution in [1.82, 2.24) is 0 Å². The monoisotopic (exact) mass is 358 g/mol. The fourth-order valence-electron chi connectivity index (χ4n) is 3.38. The molecule has 6 heteroatoms. The van der Waals surface area contributed by atoms with Crippen molar-refractivity contribution in [2.45, 2.75) is 25.4 Å². The van der Waals surface area contributed by atoms with Gasteiger partial charge >= 0.3 is 0 Å². The minimum Gasteiger partial charge on any atom is -0.493 e. The summed E-state index contributed by atoms with van der Waals surface area (Å²) in [7, 11) is 6.58. The van der Waals surface area contributed by atoms with Gasteiger partial charge in [-0.2, -0.15) is 0 Å². The van der Waals surface area contributed by atoms with E-state index in [2.05, 4.69) is 17.6 Å². The smallest absolute Gasteiger partial charge is 0.162 e. The molecule has 1 heterocycles. The third-order valence-electron chi connectivity index (χ3n) is 4.65. The number of fused-ring (bicyclic) bond motifs is 1. The van der Waals surface area contributed by atoms with Gasteiger partial charge in [-0.25, -0.2) is 0 Å². The number of rotatable bonds is 6. The summed E-state index contributed by atoms with van der Waals surface area (Å²) in [6.07, 6.45) is 0.941. The SMILES string of the molecule is COc1ccc(N[C@@H]2C[C@@H](C)Nc3cc(OC)c(OC)cc32)cc1OC. The molecule has 1 aliphatic rings. The molecular weight excluding hydrogens is 332 g/mol. The van der Waals surface area contributed by atoms with Crippen molar-refractivity contribution in [1.29, 1.82) is 0 Å². The number of hydrogen-bond acceptors (Lipinski definition) is 6. The maximum Gasteiger partial charge on any atom is 0.162 e. The first-order valence-corrected chi connectivity index (χ1v) is 8.60. The van der Waals surface area contributed by atoms with E-state index in [1.807, 2.05) is 30.3 Å². The van der Waals surface area contributed by atoms with Gasteiger partial charge in [0.1, 0.15) is 0 Å². The van der Waals surface area contributed by atoms with Crippen LogP contribution in [0, 0.1) is 0 Å². The van der Waals surface area contributed by atoms with Crippen LogP contribution < -0.4 is 29.6 Å². The summed E-state index contributed by atoms with van der Waals surface area (Å²) in [5.74, 6) is 2.86. The quantitative estimate of drug-likeness (QED) is 0.811. The Morgan fingerprint density at radius 3 is 2.12 bits per heavy atom. The Balaban J connectivity index is 1.94. The van der Waals surface area contributed by atoms with Crippen LogP contribution in [0.2, 0.25) is 0 Å². The topological polar surface area (TPSA) is 61.0 Å². The van der Waals surface area contributed by atoms with Crippen LogP contribution in [0.5, 0.6) is 23.0 Å². The van der Waals surface area contributed by atoms with Gasteiger partial charge in [0, 0.05) is 35.1 Å². The van der Waals surface area contributed by atoms with Crippen molar-refractivity contribution >= 4 is 11.4 Å². The van der Waals surface area contributed by atoms with Gasteiger partial charge in [0.2, 0.25) is 0 Å². The van der Waals surface area contributed by atoms with Crippen molar-refractivity contribution in [3.05, 3.63) is 35.9 Å². The lowest BCUT2D eigenvalue weighted by atomic mass is 9.92. The van der Waals surface area contributed by atoms with Crippen molar-refractivity contribution < 1.29 is 18.9 Å². The Morgan fingerprint density at radius 1 is 0.846 bits per heavy atom. The van der Waals surface area contributed by atoms with Crippen LogP contribution in [0.15, 0.2) is 30.3 Å². The van der Waals surface area contributed by atoms with E-state index in [-0.39, 0.29) is 6.04 Å². The van der Waals surface area contributed by atoms with Gasteiger partial charge < -0.3 is 29.6 Å². The van der Waals surface area contributed by atoms with E-state index in [9.17, 15) is 0 Å². The van der Waals surface area contributed by atoms with Gasteiger partial charge in [0.05, 0.1) is 34.5 Å². The van der Waals surface area contributed by atoms with Crippen molar-refractivity contribution in [3.8, 4) is 23.0 Å². The molecular formula is C20H26N2O4. The molecule has 26 heavy (non-hydrogen) atoms. The number of ether oxygens (including phenoxy) is 4. The normalized spacial score (nSPS) is 18.3. The summed E-state index contributed by atoms with van der Waals surface area (Å²) < 4.78 is 21.6. The highest BCUT2D eigenvalue weighted by Crippen LogP contribution is 2.42. The largest absolute Gasteiger partial charge is 0.493 e. The molecule has 0 radical (unpaired) electrons. The van der Waals surface area contributed by atoms with Gasteiger partial charge in [-0.05, 0) is 31.5 Å². The maximum absolute atomic E-state index is 5.48. The van der Waals surface area contributed by atoms with Crippen LogP contribution in [0.25, 0.3) is 0 Å². The fraction of sp³-hybridized carbons (Fsp3) is 0.400. The number of hydrogen-bond donors (Lipinski definition) is 2. The number of anilines is 2. The Labute approximate surface area is 154 Å². The van der Waals surface area contributed by atoms with Gasteiger partial charge in [0.15, 0.2) is 23.0 Å². The second-order valence-electron chi connectivity index (χ2n) is 6.34. The number of benzene rings is 2. The first-order valence-electron chi connectivity index (χ1n) is 8.60. The highest BCUT2D eigenvalue weighted by molar-refractivity contribution is 5.65. The van der Waals surface area contributed by atoms with Crippen molar-refractivity contribution in [2.24, 2.45) is 0 Å². The third kappa shape index (κ3) is 3.45. The lowest BCUT2D eigenvalue weighted by molar-refractivity contribution is 0.354. The lowest BCUT2D eigenvalue weighted by Gasteiger charge is -2.33. The van der Waals surface area contributed by atoms with E-state index in [4.69, 9.17) is 18.9 Å². The standard InChI is InChI=1S/C20H26N2O4/c1-12-8-15(22-13-6-7-17(23-2)18(9-13)24-3)14-10-19(25-4)20(26-5)11-16(14)21-12/h6-7,9-12,15,21-22H,8H2,1-5H3/t12-,15-/m1/s1. The number of nitrogens with one attached hydrogen (secondary N) is 2. The third-order valence-corrected chi connectivity index (χ3v) is 4.65. The molecule has 0 amide bonds. The second kappa shape index (κ2) is 7.64. The summed E-state index contributed by atoms with van der Waals surface area (Å²) in [6.45, 7) is 2.17. The predicted octanol–water partition coefficient (Wildman–Crippen LogP) is 4.08. The predicted molar refractivity (Wildman–Crippen MR) is 103 cm³/mol. The zero-order chi connectivity index (χ0) is 18.7. The Bertz CT molecular complexity index is 779. The molecule has 3 rings (SSSR count). The van der Waals surface area contributed by atoms with Crippen LogP contribution in [0.1, 0.15) is 24.9 Å². The molecule has 2 aromatic rings. The Kier molecular flexibility index (Phi) is 5.30. The zero-order valence-electron chi connectivity index (χ0n) is 15.9. The van der Waals surface area contributed by atoms with Gasteiger partial charge in [-0.15, -0.1) is 0 Å². The van der Waals surface area contributed by atoms with Crippen LogP contribution in [-0.4, -0.2) is 34.5 Å². The van der Waals surface area contributed by atoms with Gasteiger partial charge in [0.25, 0.3) is 0 Å². The van der Waals surface area contributed by atoms with E-state index in [0.29, 0.717) is 17.5 Å².